The molecule has 1 saturated heterocycles. The maximum atomic E-state index is 13.7. The largest absolute Gasteiger partial charge is 0.467 e. The van der Waals surface area contributed by atoms with Gasteiger partial charge in [0.2, 0.25) is 0 Å². The number of amides is 1. The lowest BCUT2D eigenvalue weighted by molar-refractivity contribution is -0.174. The van der Waals surface area contributed by atoms with Gasteiger partial charge in [-0.25, -0.2) is 4.68 Å². The van der Waals surface area contributed by atoms with E-state index in [1.807, 2.05) is 6.92 Å². The predicted octanol–water partition coefficient (Wildman–Crippen LogP) is 4.54. The number of likely N-dealkylation sites (tertiary alicyclic amines) is 1. The number of nitrogens with one attached hydrogen (secondary N) is 1. The van der Waals surface area contributed by atoms with E-state index >= 15 is 0 Å². The summed E-state index contributed by atoms with van der Waals surface area (Å²) in [5.74, 6) is 0.256. The Bertz CT molecular complexity index is 831. The highest BCUT2D eigenvalue weighted by atomic mass is 19.4. The molecule has 2 aromatic rings. The molecule has 1 amide bonds. The van der Waals surface area contributed by atoms with Gasteiger partial charge in [-0.1, -0.05) is 6.92 Å². The number of fused-ring (bicyclic) bond motifs is 1. The van der Waals surface area contributed by atoms with Crippen LogP contribution in [0.15, 0.2) is 29.0 Å². The number of piperidine rings is 1. The molecule has 2 aliphatic heterocycles. The highest BCUT2D eigenvalue weighted by Crippen LogP contribution is 2.44. The number of nitrogens with zero attached hydrogens (tertiary/aromatic N) is 3. The second-order valence-electron chi connectivity index (χ2n) is 7.41. The van der Waals surface area contributed by atoms with Crippen molar-refractivity contribution < 1.29 is 22.4 Å². The zero-order valence-corrected chi connectivity index (χ0v) is 15.6. The molecule has 0 aliphatic carbocycles. The number of carbonyl (C=O) groups is 1. The van der Waals surface area contributed by atoms with Crippen LogP contribution in [0.4, 0.5) is 19.0 Å². The first-order chi connectivity index (χ1) is 13.4. The van der Waals surface area contributed by atoms with Crippen molar-refractivity contribution in [2.75, 3.05) is 11.9 Å². The van der Waals surface area contributed by atoms with Gasteiger partial charge in [-0.2, -0.15) is 18.3 Å². The highest BCUT2D eigenvalue weighted by molar-refractivity contribution is 5.99. The van der Waals surface area contributed by atoms with Crippen LogP contribution in [0.1, 0.15) is 67.2 Å². The van der Waals surface area contributed by atoms with E-state index in [1.54, 1.807) is 17.0 Å². The molecule has 3 atom stereocenters. The molecular weight excluding hydrogens is 373 g/mol. The number of anilines is 1. The first kappa shape index (κ1) is 18.9. The maximum absolute atomic E-state index is 13.7. The van der Waals surface area contributed by atoms with Gasteiger partial charge in [-0.15, -0.1) is 0 Å². The van der Waals surface area contributed by atoms with Gasteiger partial charge in [0.05, 0.1) is 18.5 Å². The zero-order chi connectivity index (χ0) is 19.9. The molecule has 6 nitrogen and oxygen atoms in total. The Morgan fingerprint density at radius 3 is 2.89 bits per heavy atom. The molecule has 2 aliphatic rings. The average Bonchev–Trinajstić information content (AvgIpc) is 3.35. The summed E-state index contributed by atoms with van der Waals surface area (Å²) in [6.45, 7) is 2.64. The molecule has 1 N–H and O–H groups in total. The Balaban J connectivity index is 1.70. The number of carbonyl (C=O) groups excluding carboxylic acids is 1. The maximum Gasteiger partial charge on any atom is 0.410 e. The number of aromatic nitrogens is 2. The molecule has 0 spiro atoms. The first-order valence-electron chi connectivity index (χ1n) is 9.65. The minimum absolute atomic E-state index is 0.111. The fourth-order valence-corrected chi connectivity index (χ4v) is 4.24. The normalized spacial score (nSPS) is 25.3. The predicted molar refractivity (Wildman–Crippen MR) is 96.0 cm³/mol. The molecule has 1 fully saturated rings. The second-order valence-corrected chi connectivity index (χ2v) is 7.41. The van der Waals surface area contributed by atoms with Gasteiger partial charge in [-0.3, -0.25) is 4.79 Å². The topological polar surface area (TPSA) is 63.3 Å². The van der Waals surface area contributed by atoms with Crippen molar-refractivity contribution in [2.45, 2.75) is 63.3 Å². The number of rotatable bonds is 3. The number of alkyl halides is 3. The molecule has 4 rings (SSSR count). The van der Waals surface area contributed by atoms with Crippen LogP contribution in [0.2, 0.25) is 0 Å². The van der Waals surface area contributed by atoms with E-state index in [1.165, 1.54) is 12.5 Å². The SMILES string of the molecule is CC[C@@H]1CCCCN1C(=O)c1cnn2c1N[C@@H](c1ccco1)C[C@H]2C(F)(F)F. The van der Waals surface area contributed by atoms with E-state index in [9.17, 15) is 18.0 Å². The second kappa shape index (κ2) is 7.18. The Morgan fingerprint density at radius 2 is 2.21 bits per heavy atom. The lowest BCUT2D eigenvalue weighted by atomic mass is 9.98. The average molecular weight is 396 g/mol. The van der Waals surface area contributed by atoms with Gasteiger partial charge in [0.25, 0.3) is 5.91 Å². The Hall–Kier alpha value is -2.45. The third-order valence-electron chi connectivity index (χ3n) is 5.71. The molecule has 9 heteroatoms. The monoisotopic (exact) mass is 396 g/mol. The van der Waals surface area contributed by atoms with Crippen molar-refractivity contribution in [3.63, 3.8) is 0 Å². The highest BCUT2D eigenvalue weighted by Gasteiger charge is 2.48. The standard InChI is InChI=1S/C19H23F3N4O2/c1-2-12-6-3-4-8-25(12)18(27)13-11-23-26-16(19(20,21)22)10-14(24-17(13)26)15-7-5-9-28-15/h5,7,9,11-12,14,16,24H,2-4,6,8,10H2,1H3/t12-,14-,16+/m1/s1. The van der Waals surface area contributed by atoms with Crippen LogP contribution in [-0.2, 0) is 0 Å². The molecular formula is C19H23F3N4O2. The summed E-state index contributed by atoms with van der Waals surface area (Å²) in [5.41, 5.74) is 0.186. The molecule has 0 aromatic carbocycles. The van der Waals surface area contributed by atoms with Crippen molar-refractivity contribution >= 4 is 11.7 Å². The Labute approximate surface area is 160 Å². The van der Waals surface area contributed by atoms with E-state index in [-0.39, 0.29) is 29.8 Å². The summed E-state index contributed by atoms with van der Waals surface area (Å²) < 4.78 is 47.3. The van der Waals surface area contributed by atoms with Gasteiger partial charge in [0.1, 0.15) is 17.1 Å². The smallest absolute Gasteiger partial charge is 0.410 e. The summed E-state index contributed by atoms with van der Waals surface area (Å²) in [7, 11) is 0. The van der Waals surface area contributed by atoms with Crippen molar-refractivity contribution in [3.8, 4) is 0 Å². The summed E-state index contributed by atoms with van der Waals surface area (Å²) in [6, 6.07) is 0.886. The van der Waals surface area contributed by atoms with Gasteiger partial charge >= 0.3 is 6.18 Å². The minimum atomic E-state index is -4.48. The minimum Gasteiger partial charge on any atom is -0.467 e. The lowest BCUT2D eigenvalue weighted by Gasteiger charge is -2.36. The third-order valence-corrected chi connectivity index (χ3v) is 5.71. The van der Waals surface area contributed by atoms with Crippen molar-refractivity contribution in [3.05, 3.63) is 35.9 Å². The van der Waals surface area contributed by atoms with E-state index in [2.05, 4.69) is 10.4 Å². The van der Waals surface area contributed by atoms with E-state index in [0.29, 0.717) is 12.3 Å². The molecule has 4 heterocycles. The van der Waals surface area contributed by atoms with Gasteiger partial charge in [0, 0.05) is 19.0 Å². The Kier molecular flexibility index (Phi) is 4.84. The number of hydrogen-bond acceptors (Lipinski definition) is 4. The van der Waals surface area contributed by atoms with Crippen LogP contribution in [0.25, 0.3) is 0 Å². The van der Waals surface area contributed by atoms with Gasteiger partial charge in [0.15, 0.2) is 6.04 Å². The fraction of sp³-hybridized carbons (Fsp3) is 0.579. The Morgan fingerprint density at radius 1 is 1.39 bits per heavy atom. The van der Waals surface area contributed by atoms with Crippen LogP contribution in [0.5, 0.6) is 0 Å². The summed E-state index contributed by atoms with van der Waals surface area (Å²) in [4.78, 5) is 15.0. The van der Waals surface area contributed by atoms with E-state index < -0.39 is 18.3 Å². The van der Waals surface area contributed by atoms with Crippen molar-refractivity contribution in [1.82, 2.24) is 14.7 Å². The number of halogens is 3. The van der Waals surface area contributed by atoms with Crippen LogP contribution < -0.4 is 5.32 Å². The van der Waals surface area contributed by atoms with Crippen molar-refractivity contribution in [2.24, 2.45) is 0 Å². The fourth-order valence-electron chi connectivity index (χ4n) is 4.24. The summed E-state index contributed by atoms with van der Waals surface area (Å²) in [6.07, 6.45) is 1.66. The van der Waals surface area contributed by atoms with Crippen LogP contribution in [0, 0.1) is 0 Å². The molecule has 0 radical (unpaired) electrons. The molecule has 28 heavy (non-hydrogen) atoms. The summed E-state index contributed by atoms with van der Waals surface area (Å²) in [5, 5.41) is 7.01. The molecule has 0 unspecified atom stereocenters. The molecule has 0 bridgehead atoms. The first-order valence-corrected chi connectivity index (χ1v) is 9.65. The van der Waals surface area contributed by atoms with E-state index in [4.69, 9.17) is 4.42 Å². The van der Waals surface area contributed by atoms with E-state index in [0.717, 1.165) is 30.4 Å². The molecule has 152 valence electrons. The van der Waals surface area contributed by atoms with Crippen LogP contribution in [0.3, 0.4) is 0 Å². The third kappa shape index (κ3) is 3.27. The number of furan rings is 1. The van der Waals surface area contributed by atoms with Gasteiger partial charge in [-0.05, 0) is 37.8 Å². The lowest BCUT2D eigenvalue weighted by Crippen LogP contribution is -2.44. The van der Waals surface area contributed by atoms with Crippen LogP contribution in [-0.4, -0.2) is 39.4 Å². The van der Waals surface area contributed by atoms with Crippen LogP contribution >= 0.6 is 0 Å². The molecule has 0 saturated carbocycles. The quantitative estimate of drug-likeness (QED) is 0.827. The summed E-state index contributed by atoms with van der Waals surface area (Å²) >= 11 is 0. The number of hydrogen-bond donors (Lipinski definition) is 1. The van der Waals surface area contributed by atoms with Crippen molar-refractivity contribution in [1.29, 1.82) is 0 Å². The molecule has 2 aromatic heterocycles. The van der Waals surface area contributed by atoms with Gasteiger partial charge < -0.3 is 14.6 Å². The zero-order valence-electron chi connectivity index (χ0n) is 15.6.